The summed E-state index contributed by atoms with van der Waals surface area (Å²) in [6.07, 6.45) is 1.49. The van der Waals surface area contributed by atoms with Gasteiger partial charge in [0, 0.05) is 43.6 Å². The number of carbonyl (C=O) groups is 1. The molecule has 0 bridgehead atoms. The highest BCUT2D eigenvalue weighted by Crippen LogP contribution is 2.40. The van der Waals surface area contributed by atoms with E-state index in [2.05, 4.69) is 15.5 Å². The van der Waals surface area contributed by atoms with Gasteiger partial charge >= 0.3 is 6.09 Å². The molecule has 2 aliphatic heterocycles. The lowest BCUT2D eigenvalue weighted by atomic mass is 9.88. The van der Waals surface area contributed by atoms with Crippen LogP contribution < -0.4 is 5.43 Å². The Hall–Kier alpha value is -3.68. The first-order valence-electron chi connectivity index (χ1n) is 10.3. The van der Waals surface area contributed by atoms with Gasteiger partial charge in [0.25, 0.3) is 0 Å². The van der Waals surface area contributed by atoms with Crippen molar-refractivity contribution < 1.29 is 14.6 Å². The van der Waals surface area contributed by atoms with Gasteiger partial charge in [0.05, 0.1) is 18.0 Å². The van der Waals surface area contributed by atoms with Gasteiger partial charge in [-0.2, -0.15) is 10.1 Å². The van der Waals surface area contributed by atoms with Crippen molar-refractivity contribution in [2.45, 2.75) is 17.8 Å². The van der Waals surface area contributed by atoms with Gasteiger partial charge in [-0.1, -0.05) is 36.4 Å². The summed E-state index contributed by atoms with van der Waals surface area (Å²) in [6.45, 7) is 1.67. The molecule has 0 radical (unpaired) electrons. The lowest BCUT2D eigenvalue weighted by Crippen LogP contribution is -2.28. The van der Waals surface area contributed by atoms with Gasteiger partial charge in [-0.05, 0) is 23.3 Å². The van der Waals surface area contributed by atoms with Crippen LogP contribution in [0.15, 0.2) is 53.6 Å². The molecule has 1 aromatic heterocycles. The summed E-state index contributed by atoms with van der Waals surface area (Å²) in [6, 6.07) is 15.8. The smallest absolute Gasteiger partial charge is 0.409 e. The quantitative estimate of drug-likeness (QED) is 0.680. The van der Waals surface area contributed by atoms with Crippen LogP contribution in [0.2, 0.25) is 0 Å². The van der Waals surface area contributed by atoms with Crippen LogP contribution in [0.3, 0.4) is 0 Å². The number of hydrogen-bond donors (Lipinski definition) is 2. The van der Waals surface area contributed by atoms with E-state index < -0.39 is 0 Å². The van der Waals surface area contributed by atoms with Crippen molar-refractivity contribution in [1.29, 1.82) is 0 Å². The Labute approximate surface area is 179 Å². The number of benzene rings is 2. The molecular formula is C23H23N5O3. The van der Waals surface area contributed by atoms with Crippen molar-refractivity contribution in [1.82, 2.24) is 20.3 Å². The van der Waals surface area contributed by atoms with Gasteiger partial charge in [0.1, 0.15) is 5.82 Å². The number of methoxy groups -OCH3 is 1. The number of aromatic nitrogens is 2. The Morgan fingerprint density at radius 3 is 2.65 bits per heavy atom. The maximum absolute atomic E-state index is 12.2. The third-order valence-corrected chi connectivity index (χ3v) is 6.11. The third-order valence-electron chi connectivity index (χ3n) is 6.11. The molecule has 158 valence electrons. The first kappa shape index (κ1) is 19.3. The Morgan fingerprint density at radius 1 is 1.10 bits per heavy atom. The van der Waals surface area contributed by atoms with Gasteiger partial charge < -0.3 is 20.2 Å². The normalized spacial score (nSPS) is 22.6. The molecule has 2 aromatic carbocycles. The van der Waals surface area contributed by atoms with Gasteiger partial charge in [-0.25, -0.2) is 9.78 Å². The lowest BCUT2D eigenvalue weighted by molar-refractivity contribution is 0.132. The van der Waals surface area contributed by atoms with Crippen LogP contribution in [0.5, 0.6) is 5.88 Å². The highest BCUT2D eigenvalue weighted by atomic mass is 16.5. The molecule has 31 heavy (non-hydrogen) atoms. The van der Waals surface area contributed by atoms with E-state index in [9.17, 15) is 9.90 Å². The van der Waals surface area contributed by atoms with Crippen molar-refractivity contribution in [3.8, 4) is 5.88 Å². The van der Waals surface area contributed by atoms with Crippen LogP contribution >= 0.6 is 0 Å². The fraction of sp³-hybridized carbons (Fsp3) is 0.304. The van der Waals surface area contributed by atoms with Crippen LogP contribution in [0.1, 0.15) is 34.7 Å². The second kappa shape index (κ2) is 7.86. The molecule has 0 saturated carbocycles. The average Bonchev–Trinajstić information content (AvgIpc) is 3.49. The Kier molecular flexibility index (Phi) is 4.89. The zero-order valence-corrected chi connectivity index (χ0v) is 17.1. The molecule has 0 spiro atoms. The zero-order chi connectivity index (χ0) is 21.4. The van der Waals surface area contributed by atoms with E-state index in [4.69, 9.17) is 9.72 Å². The van der Waals surface area contributed by atoms with Crippen LogP contribution in [0.25, 0.3) is 10.9 Å². The van der Waals surface area contributed by atoms with Crippen molar-refractivity contribution in [2.24, 2.45) is 5.10 Å². The van der Waals surface area contributed by atoms with Crippen molar-refractivity contribution in [2.75, 3.05) is 26.7 Å². The molecule has 1 unspecified atom stereocenters. The minimum Gasteiger partial charge on any atom is -0.493 e. The number of hydrazone groups is 1. The number of fused-ring (bicyclic) bond motifs is 1. The van der Waals surface area contributed by atoms with E-state index in [1.165, 1.54) is 7.11 Å². The minimum atomic E-state index is -0.370. The minimum absolute atomic E-state index is 0.0113. The Bertz CT molecular complexity index is 1150. The van der Waals surface area contributed by atoms with Crippen molar-refractivity contribution >= 4 is 23.2 Å². The molecular weight excluding hydrogens is 394 g/mol. The highest BCUT2D eigenvalue weighted by molar-refractivity contribution is 5.85. The van der Waals surface area contributed by atoms with Crippen LogP contribution in [0, 0.1) is 0 Å². The molecule has 5 rings (SSSR count). The summed E-state index contributed by atoms with van der Waals surface area (Å²) >= 11 is 0. The van der Waals surface area contributed by atoms with Crippen molar-refractivity contribution in [3.63, 3.8) is 0 Å². The van der Waals surface area contributed by atoms with Crippen LogP contribution in [0.4, 0.5) is 4.79 Å². The van der Waals surface area contributed by atoms with Crippen LogP contribution in [-0.2, 0) is 4.74 Å². The Morgan fingerprint density at radius 2 is 1.90 bits per heavy atom. The molecule has 8 heteroatoms. The predicted molar refractivity (Wildman–Crippen MR) is 116 cm³/mol. The first-order chi connectivity index (χ1) is 15.1. The van der Waals surface area contributed by atoms with E-state index >= 15 is 0 Å². The van der Waals surface area contributed by atoms with E-state index in [0.717, 1.165) is 17.7 Å². The van der Waals surface area contributed by atoms with E-state index in [-0.39, 0.29) is 29.7 Å². The number of nitrogens with one attached hydrogen (secondary N) is 1. The number of likely N-dealkylation sites (tertiary alicyclic amines) is 1. The summed E-state index contributed by atoms with van der Waals surface area (Å²) in [5, 5.41) is 15.4. The first-order valence-corrected chi connectivity index (χ1v) is 10.3. The number of amides is 1. The fourth-order valence-electron chi connectivity index (χ4n) is 4.48. The van der Waals surface area contributed by atoms with Gasteiger partial charge in [-0.15, -0.1) is 0 Å². The third kappa shape index (κ3) is 3.54. The summed E-state index contributed by atoms with van der Waals surface area (Å²) in [4.78, 5) is 23.1. The lowest BCUT2D eigenvalue weighted by Gasteiger charge is -2.18. The number of carbonyl (C=O) groups excluding carboxylic acids is 1. The topological polar surface area (TPSA) is 99.9 Å². The summed E-state index contributed by atoms with van der Waals surface area (Å²) < 4.78 is 4.94. The van der Waals surface area contributed by atoms with Gasteiger partial charge in [0.2, 0.25) is 5.88 Å². The Balaban J connectivity index is 1.53. The molecule has 0 aliphatic carbocycles. The predicted octanol–water partition coefficient (Wildman–Crippen LogP) is 2.96. The van der Waals surface area contributed by atoms with Gasteiger partial charge in [-0.3, -0.25) is 0 Å². The summed E-state index contributed by atoms with van der Waals surface area (Å²) in [7, 11) is 1.38. The molecule has 3 atom stereocenters. The molecule has 3 heterocycles. The second-order valence-corrected chi connectivity index (χ2v) is 7.93. The molecule has 1 fully saturated rings. The van der Waals surface area contributed by atoms with Crippen LogP contribution in [-0.4, -0.2) is 59.0 Å². The number of rotatable bonds is 3. The van der Waals surface area contributed by atoms with Gasteiger partial charge in [0.15, 0.2) is 0 Å². The monoisotopic (exact) mass is 417 g/mol. The number of ether oxygens (including phenoxy) is 1. The highest BCUT2D eigenvalue weighted by Gasteiger charge is 2.39. The molecule has 8 nitrogen and oxygen atoms in total. The van der Waals surface area contributed by atoms with Crippen molar-refractivity contribution in [3.05, 3.63) is 65.5 Å². The fourth-order valence-corrected chi connectivity index (χ4v) is 4.48. The second-order valence-electron chi connectivity index (χ2n) is 7.93. The number of hydrogen-bond acceptors (Lipinski definition) is 7. The number of aromatic hydroxyl groups is 1. The molecule has 3 aromatic rings. The number of nitrogens with zero attached hydrogens (tertiary/aromatic N) is 4. The maximum atomic E-state index is 12.2. The molecule has 1 amide bonds. The standard InChI is InChI=1S/C23H23N5O3/c1-31-23(30)28-12-18(14-5-3-2-4-6-14)19(13-28)21-26-20-8-7-15(16-10-24-25-11-16)9-17(20)22(29)27-21/h2-10,16,18-19,25H,11-13H2,1H3,(H,26,27,29)/t16?,18-,19+/m0/s1. The van der Waals surface area contributed by atoms with E-state index in [0.29, 0.717) is 29.8 Å². The SMILES string of the molecule is COC(=O)N1C[C@@H](c2ccccc2)[C@H](c2nc(O)c3cc(C4C=NNC4)ccc3n2)C1. The summed E-state index contributed by atoms with van der Waals surface area (Å²) in [5.41, 5.74) is 5.78. The molecule has 2 aliphatic rings. The zero-order valence-electron chi connectivity index (χ0n) is 17.1. The molecule has 1 saturated heterocycles. The molecule has 2 N–H and O–H groups in total. The average molecular weight is 417 g/mol. The summed E-state index contributed by atoms with van der Waals surface area (Å²) in [5.74, 6) is 0.504. The van der Waals surface area contributed by atoms with E-state index in [1.54, 1.807) is 4.90 Å². The largest absolute Gasteiger partial charge is 0.493 e. The van der Waals surface area contributed by atoms with E-state index in [1.807, 2.05) is 54.7 Å². The maximum Gasteiger partial charge on any atom is 0.409 e.